The van der Waals surface area contributed by atoms with Crippen molar-refractivity contribution in [2.75, 3.05) is 13.7 Å². The second-order valence-electron chi connectivity index (χ2n) is 4.27. The molecular weight excluding hydrogens is 259 g/mol. The first-order valence-electron chi connectivity index (χ1n) is 5.63. The number of rotatable bonds is 6. The van der Waals surface area contributed by atoms with Gasteiger partial charge < -0.3 is 9.47 Å². The van der Waals surface area contributed by atoms with Crippen molar-refractivity contribution in [2.45, 2.75) is 26.1 Å². The number of ether oxygens (including phenoxy) is 2. The largest absolute Gasteiger partial charge is 0.493 e. The Balaban J connectivity index is 2.82. The zero-order chi connectivity index (χ0) is 12.8. The van der Waals surface area contributed by atoms with Crippen LogP contribution >= 0.6 is 23.2 Å². The van der Waals surface area contributed by atoms with Crippen molar-refractivity contribution in [3.8, 4) is 11.5 Å². The lowest BCUT2D eigenvalue weighted by molar-refractivity contribution is 0.273. The van der Waals surface area contributed by atoms with Crippen molar-refractivity contribution in [2.24, 2.45) is 5.92 Å². The fourth-order valence-corrected chi connectivity index (χ4v) is 1.83. The van der Waals surface area contributed by atoms with Crippen LogP contribution in [0.5, 0.6) is 11.5 Å². The minimum absolute atomic E-state index is 0.405. The Morgan fingerprint density at radius 2 is 2.00 bits per heavy atom. The van der Waals surface area contributed by atoms with Gasteiger partial charge in [0.2, 0.25) is 0 Å². The van der Waals surface area contributed by atoms with Crippen molar-refractivity contribution in [1.82, 2.24) is 0 Å². The highest BCUT2D eigenvalue weighted by Crippen LogP contribution is 2.36. The van der Waals surface area contributed by atoms with Gasteiger partial charge in [-0.25, -0.2) is 0 Å². The van der Waals surface area contributed by atoms with E-state index >= 15 is 0 Å². The van der Waals surface area contributed by atoms with E-state index in [1.807, 2.05) is 12.1 Å². The monoisotopic (exact) mass is 276 g/mol. The molecule has 0 unspecified atom stereocenters. The highest BCUT2D eigenvalue weighted by Gasteiger charge is 2.11. The Hall–Kier alpha value is -0.600. The first-order valence-corrected chi connectivity index (χ1v) is 6.55. The summed E-state index contributed by atoms with van der Waals surface area (Å²) < 4.78 is 10.9. The maximum atomic E-state index is 6.14. The molecule has 0 radical (unpaired) electrons. The first kappa shape index (κ1) is 14.5. The number of alkyl halides is 1. The molecule has 0 N–H and O–H groups in total. The maximum absolute atomic E-state index is 6.14. The lowest BCUT2D eigenvalue weighted by Crippen LogP contribution is -2.03. The molecule has 0 aromatic heterocycles. The second kappa shape index (κ2) is 6.97. The maximum Gasteiger partial charge on any atom is 0.179 e. The zero-order valence-corrected chi connectivity index (χ0v) is 11.9. The van der Waals surface area contributed by atoms with Gasteiger partial charge in [0.1, 0.15) is 0 Å². The Labute approximate surface area is 113 Å². The molecule has 1 aromatic carbocycles. The molecule has 0 aliphatic rings. The van der Waals surface area contributed by atoms with Crippen LogP contribution in [0.3, 0.4) is 0 Å². The molecule has 0 amide bonds. The van der Waals surface area contributed by atoms with Crippen LogP contribution in [0.2, 0.25) is 5.02 Å². The zero-order valence-electron chi connectivity index (χ0n) is 10.4. The fourth-order valence-electron chi connectivity index (χ4n) is 1.39. The van der Waals surface area contributed by atoms with E-state index in [4.69, 9.17) is 32.7 Å². The van der Waals surface area contributed by atoms with Crippen LogP contribution < -0.4 is 9.47 Å². The molecule has 0 fully saturated rings. The summed E-state index contributed by atoms with van der Waals surface area (Å²) >= 11 is 11.9. The minimum atomic E-state index is 0.405. The summed E-state index contributed by atoms with van der Waals surface area (Å²) in [5.41, 5.74) is 0.921. The van der Waals surface area contributed by atoms with E-state index in [1.165, 1.54) is 0 Å². The van der Waals surface area contributed by atoms with Crippen LogP contribution in [-0.2, 0) is 5.88 Å². The van der Waals surface area contributed by atoms with Gasteiger partial charge >= 0.3 is 0 Å². The topological polar surface area (TPSA) is 18.5 Å². The van der Waals surface area contributed by atoms with E-state index in [9.17, 15) is 0 Å². The summed E-state index contributed by atoms with van der Waals surface area (Å²) in [6.45, 7) is 4.94. The highest BCUT2D eigenvalue weighted by molar-refractivity contribution is 6.32. The summed E-state index contributed by atoms with van der Waals surface area (Å²) in [5.74, 6) is 2.24. The summed E-state index contributed by atoms with van der Waals surface area (Å²) in [5, 5.41) is 0.545. The number of halogens is 2. The van der Waals surface area contributed by atoms with Crippen LogP contribution in [0.25, 0.3) is 0 Å². The van der Waals surface area contributed by atoms with Crippen molar-refractivity contribution < 1.29 is 9.47 Å². The van der Waals surface area contributed by atoms with E-state index in [0.717, 1.165) is 12.0 Å². The van der Waals surface area contributed by atoms with E-state index in [-0.39, 0.29) is 0 Å². The molecule has 1 aromatic rings. The first-order chi connectivity index (χ1) is 8.08. The molecular formula is C13H18Cl2O2. The van der Waals surface area contributed by atoms with Crippen LogP contribution in [0.4, 0.5) is 0 Å². The number of hydrogen-bond acceptors (Lipinski definition) is 2. The van der Waals surface area contributed by atoms with Crippen molar-refractivity contribution in [3.05, 3.63) is 22.7 Å². The van der Waals surface area contributed by atoms with E-state index in [0.29, 0.717) is 34.9 Å². The van der Waals surface area contributed by atoms with Gasteiger partial charge in [0.15, 0.2) is 11.5 Å². The van der Waals surface area contributed by atoms with Gasteiger partial charge in [0, 0.05) is 5.88 Å². The molecule has 0 saturated heterocycles. The molecule has 0 saturated carbocycles. The van der Waals surface area contributed by atoms with Gasteiger partial charge in [-0.05, 0) is 30.0 Å². The predicted octanol–water partition coefficient (Wildman–Crippen LogP) is 4.51. The van der Waals surface area contributed by atoms with E-state index in [2.05, 4.69) is 13.8 Å². The fraction of sp³-hybridized carbons (Fsp3) is 0.538. The Kier molecular flexibility index (Phi) is 5.93. The normalized spacial score (nSPS) is 10.7. The molecule has 1 rings (SSSR count). The standard InChI is InChI=1S/C13H18Cl2O2/c1-9(2)4-5-17-13-11(15)6-10(8-14)7-12(13)16-3/h6-7,9H,4-5,8H2,1-3H3. The van der Waals surface area contributed by atoms with Gasteiger partial charge in [0.25, 0.3) is 0 Å². The summed E-state index contributed by atoms with van der Waals surface area (Å²) in [7, 11) is 1.60. The smallest absolute Gasteiger partial charge is 0.179 e. The third-order valence-electron chi connectivity index (χ3n) is 2.39. The lowest BCUT2D eigenvalue weighted by Gasteiger charge is -2.14. The van der Waals surface area contributed by atoms with Crippen LogP contribution in [-0.4, -0.2) is 13.7 Å². The molecule has 0 atom stereocenters. The quantitative estimate of drug-likeness (QED) is 0.712. The van der Waals surface area contributed by atoms with Gasteiger partial charge in [0.05, 0.1) is 18.7 Å². The van der Waals surface area contributed by atoms with Crippen LogP contribution in [0.15, 0.2) is 12.1 Å². The van der Waals surface area contributed by atoms with Gasteiger partial charge in [-0.15, -0.1) is 11.6 Å². The molecule has 2 nitrogen and oxygen atoms in total. The molecule has 0 heterocycles. The van der Waals surface area contributed by atoms with E-state index < -0.39 is 0 Å². The predicted molar refractivity (Wildman–Crippen MR) is 72.5 cm³/mol. The van der Waals surface area contributed by atoms with E-state index in [1.54, 1.807) is 7.11 Å². The van der Waals surface area contributed by atoms with Gasteiger partial charge in [-0.2, -0.15) is 0 Å². The van der Waals surface area contributed by atoms with Gasteiger partial charge in [-0.1, -0.05) is 25.4 Å². The number of hydrogen-bond donors (Lipinski definition) is 0. The Morgan fingerprint density at radius 1 is 1.29 bits per heavy atom. The number of methoxy groups -OCH3 is 1. The van der Waals surface area contributed by atoms with Gasteiger partial charge in [-0.3, -0.25) is 0 Å². The molecule has 0 aliphatic carbocycles. The SMILES string of the molecule is COc1cc(CCl)cc(Cl)c1OCCC(C)C. The van der Waals surface area contributed by atoms with Crippen molar-refractivity contribution in [3.63, 3.8) is 0 Å². The average Bonchev–Trinajstić information content (AvgIpc) is 2.30. The molecule has 0 aliphatic heterocycles. The molecule has 96 valence electrons. The van der Waals surface area contributed by atoms with Crippen LogP contribution in [0.1, 0.15) is 25.8 Å². The molecule has 4 heteroatoms. The summed E-state index contributed by atoms with van der Waals surface area (Å²) in [4.78, 5) is 0. The van der Waals surface area contributed by atoms with Crippen molar-refractivity contribution >= 4 is 23.2 Å². The Morgan fingerprint density at radius 3 is 2.53 bits per heavy atom. The number of benzene rings is 1. The molecule has 0 spiro atoms. The highest BCUT2D eigenvalue weighted by atomic mass is 35.5. The van der Waals surface area contributed by atoms with Crippen LogP contribution in [0, 0.1) is 5.92 Å². The molecule has 17 heavy (non-hydrogen) atoms. The Bertz CT molecular complexity index is 365. The second-order valence-corrected chi connectivity index (χ2v) is 4.95. The van der Waals surface area contributed by atoms with Crippen molar-refractivity contribution in [1.29, 1.82) is 0 Å². The summed E-state index contributed by atoms with van der Waals surface area (Å²) in [6, 6.07) is 3.66. The minimum Gasteiger partial charge on any atom is -0.493 e. The average molecular weight is 277 g/mol. The molecule has 0 bridgehead atoms. The third-order valence-corrected chi connectivity index (χ3v) is 2.97. The summed E-state index contributed by atoms with van der Waals surface area (Å²) in [6.07, 6.45) is 0.983. The third kappa shape index (κ3) is 4.29. The lowest BCUT2D eigenvalue weighted by atomic mass is 10.1.